The third-order valence-electron chi connectivity index (χ3n) is 6.66. The highest BCUT2D eigenvalue weighted by atomic mass is 19.1. The van der Waals surface area contributed by atoms with Crippen LogP contribution in [0, 0.1) is 23.5 Å². The van der Waals surface area contributed by atoms with Gasteiger partial charge in [0, 0.05) is 25.2 Å². The van der Waals surface area contributed by atoms with Gasteiger partial charge in [-0.3, -0.25) is 4.79 Å². The zero-order chi connectivity index (χ0) is 17.1. The molecule has 3 unspecified atom stereocenters. The van der Waals surface area contributed by atoms with Crippen molar-refractivity contribution in [1.82, 2.24) is 15.5 Å². The van der Waals surface area contributed by atoms with Gasteiger partial charge >= 0.3 is 0 Å². The zero-order valence-electron chi connectivity index (χ0n) is 14.2. The first-order chi connectivity index (χ1) is 12.1. The lowest BCUT2D eigenvalue weighted by Crippen LogP contribution is -2.52. The third-order valence-corrected chi connectivity index (χ3v) is 6.66. The largest absolute Gasteiger partial charge is 0.330 e. The van der Waals surface area contributed by atoms with E-state index < -0.39 is 11.6 Å². The van der Waals surface area contributed by atoms with E-state index in [1.807, 2.05) is 0 Å². The maximum absolute atomic E-state index is 14.8. The molecule has 3 atom stereocenters. The van der Waals surface area contributed by atoms with E-state index in [1.165, 1.54) is 0 Å². The van der Waals surface area contributed by atoms with Crippen molar-refractivity contribution < 1.29 is 13.6 Å². The lowest BCUT2D eigenvalue weighted by molar-refractivity contribution is 0.0668. The number of fused-ring (bicyclic) bond motifs is 3. The molecule has 2 bridgehead atoms. The normalized spacial score (nSPS) is 34.0. The molecule has 4 nitrogen and oxygen atoms in total. The van der Waals surface area contributed by atoms with E-state index in [-0.39, 0.29) is 23.4 Å². The van der Waals surface area contributed by atoms with Crippen molar-refractivity contribution in [3.8, 4) is 0 Å². The van der Waals surface area contributed by atoms with Crippen molar-refractivity contribution >= 4 is 5.91 Å². The van der Waals surface area contributed by atoms with E-state index in [4.69, 9.17) is 0 Å². The number of carbonyl (C=O) groups excluding carboxylic acids is 1. The van der Waals surface area contributed by atoms with Crippen LogP contribution in [0.5, 0.6) is 0 Å². The molecule has 1 aromatic carbocycles. The standard InChI is InChI=1S/C19H23F2N3O/c20-14-5-15(21)18-13(17(14)16-10-4-11(16)7-23-6-10)9-24(19(18)25)12-2-1-3-22-8-12/h5,10-12,16,22-23H,1-4,6-9H2. The van der Waals surface area contributed by atoms with Gasteiger partial charge in [0.15, 0.2) is 0 Å². The van der Waals surface area contributed by atoms with E-state index in [0.29, 0.717) is 29.5 Å². The van der Waals surface area contributed by atoms with Crippen molar-refractivity contribution in [2.24, 2.45) is 11.8 Å². The fourth-order valence-corrected chi connectivity index (χ4v) is 5.44. The Bertz CT molecular complexity index is 718. The van der Waals surface area contributed by atoms with Crippen LogP contribution in [-0.2, 0) is 6.54 Å². The quantitative estimate of drug-likeness (QED) is 0.860. The first kappa shape index (κ1) is 15.7. The Kier molecular flexibility index (Phi) is 3.61. The molecule has 1 saturated carbocycles. The van der Waals surface area contributed by atoms with Crippen molar-refractivity contribution in [3.05, 3.63) is 34.4 Å². The number of benzene rings is 1. The molecule has 1 aliphatic carbocycles. The third kappa shape index (κ3) is 2.27. The second-order valence-corrected chi connectivity index (χ2v) is 7.98. The Labute approximate surface area is 146 Å². The Balaban J connectivity index is 1.55. The summed E-state index contributed by atoms with van der Waals surface area (Å²) in [6, 6.07) is 1.02. The van der Waals surface area contributed by atoms with Gasteiger partial charge in [0.2, 0.25) is 0 Å². The maximum atomic E-state index is 14.8. The summed E-state index contributed by atoms with van der Waals surface area (Å²) in [7, 11) is 0. The monoisotopic (exact) mass is 347 g/mol. The smallest absolute Gasteiger partial charge is 0.257 e. The van der Waals surface area contributed by atoms with Gasteiger partial charge < -0.3 is 15.5 Å². The molecule has 0 radical (unpaired) electrons. The summed E-state index contributed by atoms with van der Waals surface area (Å²) >= 11 is 0. The highest BCUT2D eigenvalue weighted by Gasteiger charge is 2.49. The number of carbonyl (C=O) groups is 1. The number of nitrogens with one attached hydrogen (secondary N) is 2. The summed E-state index contributed by atoms with van der Waals surface area (Å²) in [5, 5.41) is 6.68. The molecular weight excluding hydrogens is 324 g/mol. The lowest BCUT2D eigenvalue weighted by Gasteiger charge is -2.50. The minimum atomic E-state index is -0.699. The van der Waals surface area contributed by atoms with E-state index in [9.17, 15) is 13.6 Å². The summed E-state index contributed by atoms with van der Waals surface area (Å²) in [6.07, 6.45) is 3.03. The van der Waals surface area contributed by atoms with Crippen LogP contribution in [0.25, 0.3) is 0 Å². The number of hydrogen-bond acceptors (Lipinski definition) is 3. The van der Waals surface area contributed by atoms with Crippen molar-refractivity contribution in [3.63, 3.8) is 0 Å². The number of hydrogen-bond donors (Lipinski definition) is 2. The summed E-state index contributed by atoms with van der Waals surface area (Å²) in [5.41, 5.74) is 1.37. The summed E-state index contributed by atoms with van der Waals surface area (Å²) in [6.45, 7) is 3.82. The maximum Gasteiger partial charge on any atom is 0.257 e. The predicted octanol–water partition coefficient (Wildman–Crippen LogP) is 2.00. The highest BCUT2D eigenvalue weighted by Crippen LogP contribution is 2.52. The van der Waals surface area contributed by atoms with Gasteiger partial charge in [-0.15, -0.1) is 0 Å². The zero-order valence-corrected chi connectivity index (χ0v) is 14.2. The highest BCUT2D eigenvalue weighted by molar-refractivity contribution is 5.99. The van der Waals surface area contributed by atoms with Gasteiger partial charge in [-0.1, -0.05) is 0 Å². The second kappa shape index (κ2) is 5.74. The van der Waals surface area contributed by atoms with E-state index in [1.54, 1.807) is 4.90 Å². The molecule has 6 heteroatoms. The van der Waals surface area contributed by atoms with Crippen LogP contribution < -0.4 is 10.6 Å². The summed E-state index contributed by atoms with van der Waals surface area (Å²) in [4.78, 5) is 14.6. The molecule has 2 saturated heterocycles. The van der Waals surface area contributed by atoms with Gasteiger partial charge in [-0.2, -0.15) is 0 Å². The molecule has 4 aliphatic rings. The number of halogens is 2. The van der Waals surface area contributed by atoms with Crippen LogP contribution in [0.3, 0.4) is 0 Å². The average Bonchev–Trinajstić information content (AvgIpc) is 2.97. The minimum absolute atomic E-state index is 0.0755. The van der Waals surface area contributed by atoms with Crippen LogP contribution in [0.15, 0.2) is 6.07 Å². The number of nitrogens with zero attached hydrogens (tertiary/aromatic N) is 1. The van der Waals surface area contributed by atoms with Crippen LogP contribution >= 0.6 is 0 Å². The first-order valence-electron chi connectivity index (χ1n) is 9.38. The number of rotatable bonds is 2. The van der Waals surface area contributed by atoms with Gasteiger partial charge in [-0.25, -0.2) is 8.78 Å². The Hall–Kier alpha value is -1.53. The minimum Gasteiger partial charge on any atom is -0.330 e. The molecule has 1 amide bonds. The fourth-order valence-electron chi connectivity index (χ4n) is 5.44. The SMILES string of the molecule is O=C1c2c(F)cc(F)c(C3C4CNCC3C4)c2CN1C1CCCNC1. The van der Waals surface area contributed by atoms with Gasteiger partial charge in [0.25, 0.3) is 5.91 Å². The molecule has 2 N–H and O–H groups in total. The second-order valence-electron chi connectivity index (χ2n) is 7.98. The van der Waals surface area contributed by atoms with E-state index >= 15 is 0 Å². The van der Waals surface area contributed by atoms with Crippen LogP contribution in [0.1, 0.15) is 46.7 Å². The Morgan fingerprint density at radius 1 is 1.08 bits per heavy atom. The summed E-state index contributed by atoms with van der Waals surface area (Å²) in [5.74, 6) is -0.478. The molecule has 0 aromatic heterocycles. The molecular formula is C19H23F2N3O. The predicted molar refractivity (Wildman–Crippen MR) is 89.3 cm³/mol. The van der Waals surface area contributed by atoms with Crippen molar-refractivity contribution in [2.45, 2.75) is 37.8 Å². The van der Waals surface area contributed by atoms with Gasteiger partial charge in [0.05, 0.1) is 5.56 Å². The molecule has 25 heavy (non-hydrogen) atoms. The average molecular weight is 347 g/mol. The van der Waals surface area contributed by atoms with E-state index in [2.05, 4.69) is 10.6 Å². The summed E-state index contributed by atoms with van der Waals surface area (Å²) < 4.78 is 29.3. The molecule has 3 fully saturated rings. The van der Waals surface area contributed by atoms with Crippen molar-refractivity contribution in [1.29, 1.82) is 0 Å². The molecule has 5 rings (SSSR count). The molecule has 0 spiro atoms. The molecule has 134 valence electrons. The number of piperidine rings is 3. The van der Waals surface area contributed by atoms with Crippen molar-refractivity contribution in [2.75, 3.05) is 26.2 Å². The first-order valence-corrected chi connectivity index (χ1v) is 9.38. The Morgan fingerprint density at radius 3 is 2.56 bits per heavy atom. The Morgan fingerprint density at radius 2 is 1.88 bits per heavy atom. The molecule has 3 aliphatic heterocycles. The van der Waals surface area contributed by atoms with Crippen LogP contribution in [-0.4, -0.2) is 43.0 Å². The molecule has 1 aromatic rings. The topological polar surface area (TPSA) is 44.4 Å². The van der Waals surface area contributed by atoms with Gasteiger partial charge in [0.1, 0.15) is 11.6 Å². The van der Waals surface area contributed by atoms with Crippen LogP contribution in [0.4, 0.5) is 8.78 Å². The van der Waals surface area contributed by atoms with Gasteiger partial charge in [-0.05, 0) is 67.8 Å². The lowest BCUT2D eigenvalue weighted by atomic mass is 9.59. The van der Waals surface area contributed by atoms with E-state index in [0.717, 1.165) is 51.5 Å². The molecule has 3 heterocycles. The fraction of sp³-hybridized carbons (Fsp3) is 0.632. The van der Waals surface area contributed by atoms with Crippen LogP contribution in [0.2, 0.25) is 0 Å². The number of amides is 1.